The predicted molar refractivity (Wildman–Crippen MR) is 106 cm³/mol. The van der Waals surface area contributed by atoms with Crippen LogP contribution in [0.3, 0.4) is 0 Å². The molecule has 0 saturated heterocycles. The van der Waals surface area contributed by atoms with Gasteiger partial charge in [-0.05, 0) is 36.1 Å². The number of amidine groups is 1. The fraction of sp³-hybridized carbons (Fsp3) is 0.182. The summed E-state index contributed by atoms with van der Waals surface area (Å²) in [6.45, 7) is 2.82. The number of nitrogen functional groups attached to an aromatic ring is 1. The largest absolute Gasteiger partial charge is 0.462 e. The number of ether oxygens (including phenoxy) is 1. The molecule has 0 atom stereocenters. The molecule has 0 fully saturated rings. The molecule has 0 amide bonds. The van der Waals surface area contributed by atoms with E-state index in [1.165, 1.54) is 0 Å². The van der Waals surface area contributed by atoms with Crippen LogP contribution in [0.15, 0.2) is 67.0 Å². The van der Waals surface area contributed by atoms with E-state index in [2.05, 4.69) is 12.1 Å². The van der Waals surface area contributed by atoms with Gasteiger partial charge in [0.05, 0.1) is 12.2 Å². The van der Waals surface area contributed by atoms with Crippen molar-refractivity contribution in [1.29, 1.82) is 5.41 Å². The summed E-state index contributed by atoms with van der Waals surface area (Å²) in [6, 6.07) is 17.6. The Morgan fingerprint density at radius 1 is 1.07 bits per heavy atom. The summed E-state index contributed by atoms with van der Waals surface area (Å²) in [5.74, 6) is -0.286. The van der Waals surface area contributed by atoms with E-state index in [1.807, 2.05) is 53.4 Å². The maximum atomic E-state index is 12.4. The minimum absolute atomic E-state index is 0.0316. The lowest BCUT2D eigenvalue weighted by Crippen LogP contribution is -2.11. The highest BCUT2D eigenvalue weighted by Crippen LogP contribution is 2.19. The van der Waals surface area contributed by atoms with Crippen LogP contribution in [0.5, 0.6) is 0 Å². The number of aromatic nitrogens is 1. The number of esters is 1. The van der Waals surface area contributed by atoms with Crippen molar-refractivity contribution in [3.8, 4) is 0 Å². The second-order valence-electron chi connectivity index (χ2n) is 6.37. The molecule has 5 heteroatoms. The third-order valence-corrected chi connectivity index (χ3v) is 4.30. The van der Waals surface area contributed by atoms with E-state index in [0.29, 0.717) is 30.7 Å². The van der Waals surface area contributed by atoms with E-state index in [9.17, 15) is 4.79 Å². The molecule has 27 heavy (non-hydrogen) atoms. The first-order chi connectivity index (χ1) is 13.1. The molecule has 0 spiro atoms. The van der Waals surface area contributed by atoms with Crippen LogP contribution in [-0.4, -0.2) is 23.0 Å². The lowest BCUT2D eigenvalue weighted by atomic mass is 10.0. The van der Waals surface area contributed by atoms with Gasteiger partial charge in [-0.15, -0.1) is 0 Å². The standard InChI is InChI=1S/C22H23N3O2/c1-2-27-22(26)20-15-25(13-16-7-4-3-5-8-16)14-19(20)12-17-9-6-10-18(11-17)21(23)24/h3-11,14-15H,2,12-13H2,1H3,(H3,23,24). The van der Waals surface area contributed by atoms with Crippen LogP contribution in [0.2, 0.25) is 0 Å². The molecule has 2 aromatic carbocycles. The molecular weight excluding hydrogens is 338 g/mol. The molecular formula is C22H23N3O2. The molecule has 3 N–H and O–H groups in total. The Balaban J connectivity index is 1.91. The van der Waals surface area contributed by atoms with Gasteiger partial charge in [0.15, 0.2) is 0 Å². The van der Waals surface area contributed by atoms with Gasteiger partial charge in [-0.3, -0.25) is 5.41 Å². The first kappa shape index (κ1) is 18.5. The fourth-order valence-electron chi connectivity index (χ4n) is 3.04. The normalized spacial score (nSPS) is 10.6. The quantitative estimate of drug-likeness (QED) is 0.383. The Morgan fingerprint density at radius 3 is 2.52 bits per heavy atom. The Hall–Kier alpha value is -3.34. The Bertz CT molecular complexity index is 945. The number of nitrogens with one attached hydrogen (secondary N) is 1. The Morgan fingerprint density at radius 2 is 1.81 bits per heavy atom. The summed E-state index contributed by atoms with van der Waals surface area (Å²) in [6.07, 6.45) is 4.39. The van der Waals surface area contributed by atoms with Crippen LogP contribution < -0.4 is 5.73 Å². The summed E-state index contributed by atoms with van der Waals surface area (Å²) in [4.78, 5) is 12.4. The van der Waals surface area contributed by atoms with Gasteiger partial charge in [0.1, 0.15) is 5.84 Å². The third kappa shape index (κ3) is 4.64. The lowest BCUT2D eigenvalue weighted by molar-refractivity contribution is 0.0525. The summed E-state index contributed by atoms with van der Waals surface area (Å²) in [7, 11) is 0. The van der Waals surface area contributed by atoms with E-state index < -0.39 is 0 Å². The molecule has 3 aromatic rings. The summed E-state index contributed by atoms with van der Waals surface area (Å²) < 4.78 is 7.23. The summed E-state index contributed by atoms with van der Waals surface area (Å²) in [5, 5.41) is 7.61. The highest BCUT2D eigenvalue weighted by molar-refractivity contribution is 5.95. The Kier molecular flexibility index (Phi) is 5.71. The molecule has 0 saturated carbocycles. The van der Waals surface area contributed by atoms with Gasteiger partial charge >= 0.3 is 5.97 Å². The smallest absolute Gasteiger partial charge is 0.339 e. The van der Waals surface area contributed by atoms with Crippen molar-refractivity contribution in [3.63, 3.8) is 0 Å². The zero-order valence-electron chi connectivity index (χ0n) is 15.3. The van der Waals surface area contributed by atoms with Gasteiger partial charge < -0.3 is 15.0 Å². The van der Waals surface area contributed by atoms with Crippen molar-refractivity contribution < 1.29 is 9.53 Å². The van der Waals surface area contributed by atoms with E-state index in [4.69, 9.17) is 15.9 Å². The first-order valence-corrected chi connectivity index (χ1v) is 8.90. The van der Waals surface area contributed by atoms with Crippen LogP contribution in [0.4, 0.5) is 0 Å². The first-order valence-electron chi connectivity index (χ1n) is 8.90. The van der Waals surface area contributed by atoms with Crippen LogP contribution >= 0.6 is 0 Å². The number of nitrogens with two attached hydrogens (primary N) is 1. The maximum Gasteiger partial charge on any atom is 0.339 e. The molecule has 138 valence electrons. The molecule has 5 nitrogen and oxygen atoms in total. The molecule has 0 bridgehead atoms. The highest BCUT2D eigenvalue weighted by Gasteiger charge is 2.16. The second-order valence-corrected chi connectivity index (χ2v) is 6.37. The summed E-state index contributed by atoms with van der Waals surface area (Å²) in [5.41, 5.74) is 9.88. The van der Waals surface area contributed by atoms with Gasteiger partial charge in [0.2, 0.25) is 0 Å². The zero-order valence-corrected chi connectivity index (χ0v) is 15.3. The maximum absolute atomic E-state index is 12.4. The lowest BCUT2D eigenvalue weighted by Gasteiger charge is -2.06. The van der Waals surface area contributed by atoms with E-state index in [-0.39, 0.29) is 11.8 Å². The Labute approximate surface area is 158 Å². The van der Waals surface area contributed by atoms with E-state index in [1.54, 1.807) is 13.0 Å². The van der Waals surface area contributed by atoms with Gasteiger partial charge in [0.25, 0.3) is 0 Å². The molecule has 0 aliphatic rings. The van der Waals surface area contributed by atoms with Gasteiger partial charge in [0, 0.05) is 24.5 Å². The van der Waals surface area contributed by atoms with Crippen LogP contribution in [0.25, 0.3) is 0 Å². The number of hydrogen-bond acceptors (Lipinski definition) is 3. The molecule has 1 heterocycles. The van der Waals surface area contributed by atoms with E-state index in [0.717, 1.165) is 16.7 Å². The minimum atomic E-state index is -0.318. The minimum Gasteiger partial charge on any atom is -0.462 e. The number of hydrogen-bond donors (Lipinski definition) is 2. The number of carbonyl (C=O) groups excluding carboxylic acids is 1. The fourth-order valence-corrected chi connectivity index (χ4v) is 3.04. The topological polar surface area (TPSA) is 81.1 Å². The average Bonchev–Trinajstić information content (AvgIpc) is 3.05. The monoisotopic (exact) mass is 361 g/mol. The van der Waals surface area contributed by atoms with Crippen LogP contribution in [0, 0.1) is 5.41 Å². The van der Waals surface area contributed by atoms with Crippen molar-refractivity contribution in [1.82, 2.24) is 4.57 Å². The molecule has 1 aromatic heterocycles. The van der Waals surface area contributed by atoms with Crippen molar-refractivity contribution in [3.05, 3.63) is 94.8 Å². The molecule has 0 radical (unpaired) electrons. The molecule has 0 unspecified atom stereocenters. The number of carbonyl (C=O) groups is 1. The number of rotatable bonds is 7. The second kappa shape index (κ2) is 8.36. The van der Waals surface area contributed by atoms with Crippen molar-refractivity contribution >= 4 is 11.8 Å². The van der Waals surface area contributed by atoms with Crippen LogP contribution in [0.1, 0.15) is 39.5 Å². The third-order valence-electron chi connectivity index (χ3n) is 4.30. The van der Waals surface area contributed by atoms with Gasteiger partial charge in [-0.2, -0.15) is 0 Å². The zero-order chi connectivity index (χ0) is 19.2. The van der Waals surface area contributed by atoms with Gasteiger partial charge in [-0.25, -0.2) is 4.79 Å². The van der Waals surface area contributed by atoms with E-state index >= 15 is 0 Å². The van der Waals surface area contributed by atoms with Crippen LogP contribution in [-0.2, 0) is 17.7 Å². The predicted octanol–water partition coefficient (Wildman–Crippen LogP) is 3.59. The molecule has 0 aliphatic carbocycles. The number of nitrogens with zero attached hydrogens (tertiary/aromatic N) is 1. The molecule has 0 aliphatic heterocycles. The SMILES string of the molecule is CCOC(=O)c1cn(Cc2ccccc2)cc1Cc1cccc(C(=N)N)c1. The summed E-state index contributed by atoms with van der Waals surface area (Å²) >= 11 is 0. The molecule has 3 rings (SSSR count). The number of benzene rings is 2. The highest BCUT2D eigenvalue weighted by atomic mass is 16.5. The van der Waals surface area contributed by atoms with Gasteiger partial charge in [-0.1, -0.05) is 48.5 Å². The van der Waals surface area contributed by atoms with Crippen molar-refractivity contribution in [2.45, 2.75) is 19.9 Å². The average molecular weight is 361 g/mol. The van der Waals surface area contributed by atoms with Crippen molar-refractivity contribution in [2.24, 2.45) is 5.73 Å². The van der Waals surface area contributed by atoms with Crippen molar-refractivity contribution in [2.75, 3.05) is 6.61 Å².